The smallest absolute Gasteiger partial charge is 0.343 e. The first-order valence-corrected chi connectivity index (χ1v) is 10.7. The zero-order chi connectivity index (χ0) is 21.1. The Morgan fingerprint density at radius 2 is 1.10 bits per heavy atom. The van der Waals surface area contributed by atoms with E-state index in [2.05, 4.69) is 6.58 Å². The molecular formula is C23H22O5S. The molecule has 3 aromatic rings. The fourth-order valence-corrected chi connectivity index (χ4v) is 5.55. The average molecular weight is 410 g/mol. The van der Waals surface area contributed by atoms with Crippen molar-refractivity contribution in [2.45, 2.75) is 11.7 Å². The van der Waals surface area contributed by atoms with Gasteiger partial charge in [0.25, 0.3) is 0 Å². The number of carbonyl (C=O) groups is 1. The molecule has 0 bridgehead atoms. The monoisotopic (exact) mass is 410 g/mol. The van der Waals surface area contributed by atoms with Crippen LogP contribution in [0.1, 0.15) is 23.6 Å². The fraction of sp³-hybridized carbons (Fsp3) is 0.0870. The Bertz CT molecular complexity index is 989. The lowest BCUT2D eigenvalue weighted by atomic mass is 9.84. The average Bonchev–Trinajstić information content (AvgIpc) is 2.70. The zero-order valence-corrected chi connectivity index (χ0v) is 16.7. The molecule has 6 heteroatoms. The summed E-state index contributed by atoms with van der Waals surface area (Å²) in [7, 11) is -6.18. The molecule has 3 aromatic carbocycles. The summed E-state index contributed by atoms with van der Waals surface area (Å²) in [5.41, 5.74) is 0.742. The van der Waals surface area contributed by atoms with E-state index in [9.17, 15) is 18.1 Å². The van der Waals surface area contributed by atoms with E-state index in [1.54, 1.807) is 91.0 Å². The minimum Gasteiger partial charge on any atom is -0.343 e. The van der Waals surface area contributed by atoms with Crippen LogP contribution in [0.4, 0.5) is 0 Å². The van der Waals surface area contributed by atoms with Crippen LogP contribution < -0.4 is 0 Å². The molecule has 0 unspecified atom stereocenters. The number of benzene rings is 3. The molecule has 0 fully saturated rings. The normalized spacial score (nSPS) is 13.1. The van der Waals surface area contributed by atoms with Gasteiger partial charge in [-0.25, -0.2) is 4.79 Å². The van der Waals surface area contributed by atoms with E-state index in [-0.39, 0.29) is 22.3 Å². The lowest BCUT2D eigenvalue weighted by Crippen LogP contribution is -2.56. The van der Waals surface area contributed by atoms with Gasteiger partial charge in [0.05, 0.1) is 0 Å². The van der Waals surface area contributed by atoms with Crippen molar-refractivity contribution in [3.63, 3.8) is 0 Å². The Kier molecular flexibility index (Phi) is 5.28. The van der Waals surface area contributed by atoms with Crippen LogP contribution in [-0.4, -0.2) is 19.3 Å². The Morgan fingerprint density at radius 1 is 0.793 bits per heavy atom. The van der Waals surface area contributed by atoms with Gasteiger partial charge in [-0.1, -0.05) is 97.6 Å². The lowest BCUT2D eigenvalue weighted by molar-refractivity contribution is -0.131. The van der Waals surface area contributed by atoms with Crippen molar-refractivity contribution in [2.75, 3.05) is 0 Å². The van der Waals surface area contributed by atoms with Crippen molar-refractivity contribution < 1.29 is 22.3 Å². The van der Waals surface area contributed by atoms with Crippen LogP contribution in [-0.2, 0) is 23.6 Å². The molecule has 2 N–H and O–H groups in total. The van der Waals surface area contributed by atoms with Crippen LogP contribution in [0.5, 0.6) is 0 Å². The standard InChI is InChI=1S/C23H22O5S/c1-18(2)22(24)28-29(25,26,27)23(19-12-6-3-7-13-19,20-14-8-4-9-15-20)21-16-10-5-11-17-21/h3-17H,1H2,2H3,(H2,25,26,27). The SMILES string of the molecule is C=C(C)C(=O)OS(=O)(O)(O)C(c1ccccc1)(c1ccccc1)c1ccccc1. The minimum absolute atomic E-state index is 0.116. The summed E-state index contributed by atoms with van der Waals surface area (Å²) in [6.45, 7) is 4.79. The molecule has 0 aromatic heterocycles. The topological polar surface area (TPSA) is 83.8 Å². The van der Waals surface area contributed by atoms with Crippen molar-refractivity contribution >= 4 is 15.9 Å². The van der Waals surface area contributed by atoms with E-state index in [1.165, 1.54) is 6.92 Å². The summed E-state index contributed by atoms with van der Waals surface area (Å²) >= 11 is 0. The third-order valence-electron chi connectivity index (χ3n) is 4.64. The van der Waals surface area contributed by atoms with Gasteiger partial charge in [0, 0.05) is 5.57 Å². The van der Waals surface area contributed by atoms with Crippen LogP contribution >= 0.6 is 0 Å². The molecule has 0 saturated carbocycles. The number of rotatable bonds is 6. The van der Waals surface area contributed by atoms with Gasteiger partial charge < -0.3 is 4.18 Å². The first-order valence-electron chi connectivity index (χ1n) is 8.90. The van der Waals surface area contributed by atoms with Gasteiger partial charge in [-0.15, -0.1) is 0 Å². The Morgan fingerprint density at radius 3 is 1.38 bits per heavy atom. The predicted molar refractivity (Wildman–Crippen MR) is 114 cm³/mol. The maximum absolute atomic E-state index is 14.0. The van der Waals surface area contributed by atoms with E-state index in [1.807, 2.05) is 0 Å². The molecule has 0 saturated heterocycles. The summed E-state index contributed by atoms with van der Waals surface area (Å²) in [5.74, 6) is -1.17. The Balaban J connectivity index is 2.48. The first kappa shape index (κ1) is 20.7. The van der Waals surface area contributed by atoms with Crippen LogP contribution in [0, 0.1) is 0 Å². The minimum atomic E-state index is -6.18. The van der Waals surface area contributed by atoms with Crippen LogP contribution in [0.25, 0.3) is 0 Å². The number of hydrogen-bond donors (Lipinski definition) is 2. The van der Waals surface area contributed by atoms with Gasteiger partial charge in [0.1, 0.15) is 0 Å². The number of hydrogen-bond acceptors (Lipinski definition) is 3. The molecule has 0 heterocycles. The second-order valence-corrected chi connectivity index (χ2v) is 9.10. The molecule has 0 atom stereocenters. The van der Waals surface area contributed by atoms with E-state index in [0.717, 1.165) is 0 Å². The van der Waals surface area contributed by atoms with Crippen molar-refractivity contribution in [1.82, 2.24) is 0 Å². The first-order chi connectivity index (χ1) is 13.7. The summed E-state index contributed by atoms with van der Waals surface area (Å²) in [6, 6.07) is 25.0. The number of carbonyl (C=O) groups excluding carboxylic acids is 1. The Hall–Kier alpha value is -3.06. The van der Waals surface area contributed by atoms with E-state index >= 15 is 0 Å². The molecular weight excluding hydrogens is 388 g/mol. The van der Waals surface area contributed by atoms with Gasteiger partial charge in [0.15, 0.2) is 4.75 Å². The largest absolute Gasteiger partial charge is 0.348 e. The van der Waals surface area contributed by atoms with Crippen LogP contribution in [0.2, 0.25) is 0 Å². The molecule has 29 heavy (non-hydrogen) atoms. The molecule has 0 amide bonds. The van der Waals surface area contributed by atoms with Crippen molar-refractivity contribution in [2.24, 2.45) is 0 Å². The Labute approximate surface area is 169 Å². The van der Waals surface area contributed by atoms with Gasteiger partial charge in [0.2, 0.25) is 9.91 Å². The molecule has 0 aliphatic carbocycles. The molecule has 0 radical (unpaired) electrons. The van der Waals surface area contributed by atoms with Crippen molar-refractivity contribution in [3.05, 3.63) is 120 Å². The third kappa shape index (κ3) is 3.53. The van der Waals surface area contributed by atoms with Gasteiger partial charge in [-0.2, -0.15) is 4.21 Å². The zero-order valence-electron chi connectivity index (χ0n) is 15.9. The van der Waals surface area contributed by atoms with Crippen molar-refractivity contribution in [1.29, 1.82) is 0 Å². The highest BCUT2D eigenvalue weighted by Crippen LogP contribution is 2.53. The molecule has 0 spiro atoms. The van der Waals surface area contributed by atoms with E-state index in [0.29, 0.717) is 0 Å². The summed E-state index contributed by atoms with van der Waals surface area (Å²) in [6.07, 6.45) is 0. The van der Waals surface area contributed by atoms with E-state index < -0.39 is 20.6 Å². The summed E-state index contributed by atoms with van der Waals surface area (Å²) in [4.78, 5) is 12.3. The maximum Gasteiger partial charge on any atom is 0.348 e. The van der Waals surface area contributed by atoms with Crippen LogP contribution in [0.15, 0.2) is 103 Å². The third-order valence-corrected chi connectivity index (χ3v) is 6.85. The molecule has 150 valence electrons. The second kappa shape index (κ2) is 7.40. The molecule has 3 rings (SSSR count). The quantitative estimate of drug-likeness (QED) is 0.451. The molecule has 5 nitrogen and oxygen atoms in total. The molecule has 0 aliphatic rings. The second-order valence-electron chi connectivity index (χ2n) is 6.73. The lowest BCUT2D eigenvalue weighted by Gasteiger charge is -2.48. The highest BCUT2D eigenvalue weighted by atomic mass is 32.3. The van der Waals surface area contributed by atoms with E-state index in [4.69, 9.17) is 4.18 Å². The van der Waals surface area contributed by atoms with Crippen LogP contribution in [0.3, 0.4) is 0 Å². The fourth-order valence-electron chi connectivity index (χ4n) is 3.39. The van der Waals surface area contributed by atoms with Crippen molar-refractivity contribution in [3.8, 4) is 0 Å². The predicted octanol–water partition coefficient (Wildman–Crippen LogP) is 4.78. The molecule has 0 aliphatic heterocycles. The summed E-state index contributed by atoms with van der Waals surface area (Å²) in [5, 5.41) is 0. The highest BCUT2D eigenvalue weighted by molar-refractivity contribution is 8.07. The van der Waals surface area contributed by atoms with Gasteiger partial charge in [-0.05, 0) is 23.6 Å². The van der Waals surface area contributed by atoms with Gasteiger partial charge in [-0.3, -0.25) is 9.11 Å². The maximum atomic E-state index is 14.0. The van der Waals surface area contributed by atoms with Gasteiger partial charge >= 0.3 is 5.97 Å². The summed E-state index contributed by atoms with van der Waals surface area (Å²) < 4.78 is 39.4. The highest BCUT2D eigenvalue weighted by Gasteiger charge is 2.61.